The Labute approximate surface area is 163 Å². The van der Waals surface area contributed by atoms with Gasteiger partial charge in [-0.1, -0.05) is 25.4 Å². The molecule has 142 valence electrons. The fourth-order valence-electron chi connectivity index (χ4n) is 2.86. The van der Waals surface area contributed by atoms with Crippen LogP contribution in [0.1, 0.15) is 32.8 Å². The standard InChI is InChI=1S/C19H21ClN4O3/c1-12(2)8-19(3,27-18(22)25)10-26-16-5-4-13(6-14(16)9-21)15-7-17(20)24-11-23-15/h4-7,11-12H,8,10H2,1-3H3,(H2,22,25)/t19-/m0/s1. The summed E-state index contributed by atoms with van der Waals surface area (Å²) in [7, 11) is 0. The number of halogens is 1. The van der Waals surface area contributed by atoms with Gasteiger partial charge in [-0.2, -0.15) is 5.26 Å². The van der Waals surface area contributed by atoms with E-state index >= 15 is 0 Å². The van der Waals surface area contributed by atoms with E-state index in [-0.39, 0.29) is 12.5 Å². The van der Waals surface area contributed by atoms with Crippen molar-refractivity contribution in [2.45, 2.75) is 32.8 Å². The SMILES string of the molecule is CC(C)C[C@@](C)(COc1ccc(-c2cc(Cl)ncn2)cc1C#N)OC(N)=O. The Balaban J connectivity index is 2.23. The lowest BCUT2D eigenvalue weighted by Crippen LogP contribution is -2.41. The number of ether oxygens (including phenoxy) is 2. The molecule has 0 fully saturated rings. The molecule has 0 aliphatic carbocycles. The number of amides is 1. The summed E-state index contributed by atoms with van der Waals surface area (Å²) in [5.41, 5.74) is 5.92. The number of carbonyl (C=O) groups is 1. The van der Waals surface area contributed by atoms with Gasteiger partial charge in [0.25, 0.3) is 0 Å². The zero-order chi connectivity index (χ0) is 20.0. The first-order valence-electron chi connectivity index (χ1n) is 8.36. The number of carbonyl (C=O) groups excluding carboxylic acids is 1. The molecule has 1 heterocycles. The second-order valence-corrected chi connectivity index (χ2v) is 7.19. The monoisotopic (exact) mass is 388 g/mol. The molecule has 0 unspecified atom stereocenters. The predicted molar refractivity (Wildman–Crippen MR) is 101 cm³/mol. The third kappa shape index (κ3) is 5.83. The molecule has 0 aliphatic rings. The van der Waals surface area contributed by atoms with Crippen LogP contribution in [0.5, 0.6) is 5.75 Å². The summed E-state index contributed by atoms with van der Waals surface area (Å²) in [6.07, 6.45) is 1.06. The van der Waals surface area contributed by atoms with E-state index in [4.69, 9.17) is 26.8 Å². The number of aromatic nitrogens is 2. The Hall–Kier alpha value is -2.85. The highest BCUT2D eigenvalue weighted by molar-refractivity contribution is 6.29. The van der Waals surface area contributed by atoms with Gasteiger partial charge in [0.15, 0.2) is 0 Å². The molecule has 0 aliphatic heterocycles. The van der Waals surface area contributed by atoms with Crippen LogP contribution in [0.3, 0.4) is 0 Å². The van der Waals surface area contributed by atoms with Crippen LogP contribution in [0.25, 0.3) is 11.3 Å². The minimum Gasteiger partial charge on any atom is -0.488 e. The maximum Gasteiger partial charge on any atom is 0.405 e. The second kappa shape index (κ2) is 8.69. The minimum atomic E-state index is -0.897. The first-order chi connectivity index (χ1) is 12.7. The van der Waals surface area contributed by atoms with E-state index in [0.29, 0.717) is 34.1 Å². The fraction of sp³-hybridized carbons (Fsp3) is 0.368. The Morgan fingerprint density at radius 3 is 2.70 bits per heavy atom. The van der Waals surface area contributed by atoms with E-state index in [1.165, 1.54) is 6.33 Å². The van der Waals surface area contributed by atoms with Gasteiger partial charge < -0.3 is 15.2 Å². The average molecular weight is 389 g/mol. The average Bonchev–Trinajstić information content (AvgIpc) is 2.58. The normalized spacial score (nSPS) is 12.9. The first kappa shape index (κ1) is 20.5. The van der Waals surface area contributed by atoms with Crippen molar-refractivity contribution in [3.63, 3.8) is 0 Å². The first-order valence-corrected chi connectivity index (χ1v) is 8.73. The van der Waals surface area contributed by atoms with Gasteiger partial charge in [0.05, 0.1) is 11.3 Å². The van der Waals surface area contributed by atoms with Gasteiger partial charge in [-0.3, -0.25) is 0 Å². The number of benzene rings is 1. The molecule has 1 atom stereocenters. The molecular weight excluding hydrogens is 368 g/mol. The van der Waals surface area contributed by atoms with Crippen LogP contribution in [0.15, 0.2) is 30.6 Å². The number of hydrogen-bond acceptors (Lipinski definition) is 6. The van der Waals surface area contributed by atoms with Gasteiger partial charge in [-0.15, -0.1) is 0 Å². The van der Waals surface area contributed by atoms with Gasteiger partial charge in [-0.25, -0.2) is 14.8 Å². The van der Waals surface area contributed by atoms with Gasteiger partial charge in [0.2, 0.25) is 0 Å². The lowest BCUT2D eigenvalue weighted by atomic mass is 9.95. The number of nitrogens with zero attached hydrogens (tertiary/aromatic N) is 3. The van der Waals surface area contributed by atoms with Gasteiger partial charge in [-0.05, 0) is 37.5 Å². The number of primary amides is 1. The highest BCUT2D eigenvalue weighted by Crippen LogP contribution is 2.28. The van der Waals surface area contributed by atoms with Crippen LogP contribution < -0.4 is 10.5 Å². The summed E-state index contributed by atoms with van der Waals surface area (Å²) in [5.74, 6) is 0.641. The molecule has 0 spiro atoms. The van der Waals surface area contributed by atoms with Crippen molar-refractivity contribution in [2.75, 3.05) is 6.61 Å². The van der Waals surface area contributed by atoms with Crippen LogP contribution in [0.4, 0.5) is 4.79 Å². The van der Waals surface area contributed by atoms with Crippen molar-refractivity contribution >= 4 is 17.7 Å². The molecule has 27 heavy (non-hydrogen) atoms. The predicted octanol–water partition coefficient (Wildman–Crippen LogP) is 3.95. The highest BCUT2D eigenvalue weighted by Gasteiger charge is 2.30. The van der Waals surface area contributed by atoms with Gasteiger partial charge in [0, 0.05) is 11.6 Å². The molecular formula is C19H21ClN4O3. The number of rotatable bonds is 7. The summed E-state index contributed by atoms with van der Waals surface area (Å²) in [6, 6.07) is 8.81. The van der Waals surface area contributed by atoms with E-state index in [9.17, 15) is 10.1 Å². The maximum atomic E-state index is 11.2. The Morgan fingerprint density at radius 1 is 1.37 bits per heavy atom. The van der Waals surface area contributed by atoms with E-state index in [1.54, 1.807) is 31.2 Å². The molecule has 2 rings (SSSR count). The zero-order valence-corrected chi connectivity index (χ0v) is 16.2. The van der Waals surface area contributed by atoms with E-state index < -0.39 is 11.7 Å². The van der Waals surface area contributed by atoms with Crippen molar-refractivity contribution in [1.29, 1.82) is 5.26 Å². The number of nitrogens with two attached hydrogens (primary N) is 1. The zero-order valence-electron chi connectivity index (χ0n) is 15.4. The maximum absolute atomic E-state index is 11.2. The van der Waals surface area contributed by atoms with Crippen LogP contribution in [0, 0.1) is 17.2 Å². The van der Waals surface area contributed by atoms with Crippen LogP contribution in [-0.4, -0.2) is 28.3 Å². The van der Waals surface area contributed by atoms with Crippen molar-refractivity contribution in [1.82, 2.24) is 9.97 Å². The molecule has 2 aromatic rings. The second-order valence-electron chi connectivity index (χ2n) is 6.81. The number of hydrogen-bond donors (Lipinski definition) is 1. The Bertz CT molecular complexity index is 866. The Kier molecular flexibility index (Phi) is 6.59. The molecule has 8 heteroatoms. The van der Waals surface area contributed by atoms with Crippen molar-refractivity contribution < 1.29 is 14.3 Å². The molecule has 1 aromatic heterocycles. The molecule has 1 amide bonds. The molecule has 7 nitrogen and oxygen atoms in total. The van der Waals surface area contributed by atoms with E-state index in [0.717, 1.165) is 0 Å². The van der Waals surface area contributed by atoms with E-state index in [2.05, 4.69) is 16.0 Å². The minimum absolute atomic E-state index is 0.0709. The Morgan fingerprint density at radius 2 is 2.11 bits per heavy atom. The molecule has 0 saturated carbocycles. The molecule has 2 N–H and O–H groups in total. The van der Waals surface area contributed by atoms with Crippen molar-refractivity contribution in [3.05, 3.63) is 41.3 Å². The summed E-state index contributed by atoms with van der Waals surface area (Å²) in [4.78, 5) is 19.2. The molecule has 1 aromatic carbocycles. The molecule has 0 radical (unpaired) electrons. The summed E-state index contributed by atoms with van der Waals surface area (Å²) in [5, 5.41) is 9.78. The highest BCUT2D eigenvalue weighted by atomic mass is 35.5. The van der Waals surface area contributed by atoms with Crippen LogP contribution >= 0.6 is 11.6 Å². The molecule has 0 bridgehead atoms. The third-order valence-corrected chi connectivity index (χ3v) is 3.96. The fourth-order valence-corrected chi connectivity index (χ4v) is 3.01. The van der Waals surface area contributed by atoms with Gasteiger partial charge in [0.1, 0.15) is 35.5 Å². The van der Waals surface area contributed by atoms with Gasteiger partial charge >= 0.3 is 6.09 Å². The molecule has 0 saturated heterocycles. The smallest absolute Gasteiger partial charge is 0.405 e. The summed E-state index contributed by atoms with van der Waals surface area (Å²) < 4.78 is 11.0. The largest absolute Gasteiger partial charge is 0.488 e. The van der Waals surface area contributed by atoms with Crippen LogP contribution in [-0.2, 0) is 4.74 Å². The lowest BCUT2D eigenvalue weighted by molar-refractivity contribution is -0.0186. The lowest BCUT2D eigenvalue weighted by Gasteiger charge is -2.30. The summed E-state index contributed by atoms with van der Waals surface area (Å²) in [6.45, 7) is 5.83. The third-order valence-electron chi connectivity index (χ3n) is 3.75. The quantitative estimate of drug-likeness (QED) is 0.719. The van der Waals surface area contributed by atoms with E-state index in [1.807, 2.05) is 13.8 Å². The van der Waals surface area contributed by atoms with Crippen molar-refractivity contribution in [3.8, 4) is 23.1 Å². The topological polar surface area (TPSA) is 111 Å². The summed E-state index contributed by atoms with van der Waals surface area (Å²) >= 11 is 5.89. The van der Waals surface area contributed by atoms with Crippen LogP contribution in [0.2, 0.25) is 5.15 Å². The number of nitriles is 1. The van der Waals surface area contributed by atoms with Crippen molar-refractivity contribution in [2.24, 2.45) is 11.7 Å².